The number of hydrogen-bond donors (Lipinski definition) is 1. The van der Waals surface area contributed by atoms with Crippen LogP contribution in [0.5, 0.6) is 0 Å². The van der Waals surface area contributed by atoms with Gasteiger partial charge < -0.3 is 14.4 Å². The van der Waals surface area contributed by atoms with Crippen molar-refractivity contribution >= 4 is 5.91 Å². The van der Waals surface area contributed by atoms with Crippen LogP contribution in [-0.4, -0.2) is 44.0 Å². The van der Waals surface area contributed by atoms with Gasteiger partial charge in [-0.1, -0.05) is 19.0 Å². The molecule has 8 nitrogen and oxygen atoms in total. The van der Waals surface area contributed by atoms with Crippen LogP contribution in [0.1, 0.15) is 54.8 Å². The minimum absolute atomic E-state index is 0.0273. The highest BCUT2D eigenvalue weighted by atomic mass is 16.5. The molecule has 3 heterocycles. The molecule has 0 radical (unpaired) electrons. The maximum absolute atomic E-state index is 12.5. The lowest BCUT2D eigenvalue weighted by molar-refractivity contribution is 0.0689. The quantitative estimate of drug-likeness (QED) is 0.907. The summed E-state index contributed by atoms with van der Waals surface area (Å²) in [7, 11) is 0. The second-order valence-electron chi connectivity index (χ2n) is 6.55. The Bertz CT molecular complexity index is 767. The average Bonchev–Trinajstić information content (AvgIpc) is 3.02. The van der Waals surface area contributed by atoms with E-state index in [4.69, 9.17) is 4.52 Å². The fourth-order valence-corrected chi connectivity index (χ4v) is 2.90. The molecule has 1 atom stereocenters. The molecule has 0 aliphatic carbocycles. The van der Waals surface area contributed by atoms with Gasteiger partial charge in [0.05, 0.1) is 18.3 Å². The second kappa shape index (κ2) is 6.94. The van der Waals surface area contributed by atoms with Crippen LogP contribution >= 0.6 is 0 Å². The van der Waals surface area contributed by atoms with E-state index in [-0.39, 0.29) is 23.1 Å². The van der Waals surface area contributed by atoms with Crippen LogP contribution in [0.4, 0.5) is 0 Å². The molecule has 3 rings (SSSR count). The predicted molar refractivity (Wildman–Crippen MR) is 85.6 cm³/mol. The molecule has 8 heteroatoms. The predicted octanol–water partition coefficient (Wildman–Crippen LogP) is 1.37. The number of nitrogens with zero attached hydrogens (tertiary/aromatic N) is 4. The van der Waals surface area contributed by atoms with Crippen molar-refractivity contribution in [2.45, 2.75) is 39.0 Å². The summed E-state index contributed by atoms with van der Waals surface area (Å²) in [5.41, 5.74) is -0.182. The molecular weight excluding hydrogens is 310 g/mol. The number of H-pyrrole nitrogens is 1. The number of carbonyl (C=O) groups excluding carboxylic acids is 1. The van der Waals surface area contributed by atoms with Crippen molar-refractivity contribution in [3.05, 3.63) is 40.2 Å². The molecule has 24 heavy (non-hydrogen) atoms. The minimum Gasteiger partial charge on any atom is -0.339 e. The maximum atomic E-state index is 12.5. The van der Waals surface area contributed by atoms with Crippen LogP contribution in [0.15, 0.2) is 21.7 Å². The van der Waals surface area contributed by atoms with Crippen molar-refractivity contribution in [3.63, 3.8) is 0 Å². The summed E-state index contributed by atoms with van der Waals surface area (Å²) >= 11 is 0. The molecule has 0 bridgehead atoms. The monoisotopic (exact) mass is 331 g/mol. The summed E-state index contributed by atoms with van der Waals surface area (Å²) < 4.78 is 5.39. The van der Waals surface area contributed by atoms with Crippen molar-refractivity contribution in [2.24, 2.45) is 5.92 Å². The largest absolute Gasteiger partial charge is 0.339 e. The van der Waals surface area contributed by atoms with E-state index in [1.54, 1.807) is 4.90 Å². The summed E-state index contributed by atoms with van der Waals surface area (Å²) in [6.07, 6.45) is 5.04. The lowest BCUT2D eigenvalue weighted by atomic mass is 9.97. The molecule has 2 aromatic heterocycles. The Hall–Kier alpha value is -2.51. The van der Waals surface area contributed by atoms with E-state index in [1.165, 1.54) is 6.20 Å². The molecule has 0 spiro atoms. The highest BCUT2D eigenvalue weighted by Crippen LogP contribution is 2.26. The Balaban J connectivity index is 1.71. The van der Waals surface area contributed by atoms with E-state index in [9.17, 15) is 9.59 Å². The number of amides is 1. The second-order valence-corrected chi connectivity index (χ2v) is 6.55. The van der Waals surface area contributed by atoms with Gasteiger partial charge in [-0.05, 0) is 18.8 Å². The SMILES string of the molecule is CC(C)Cc1noc([C@@H]2CCCN(C(=O)c3cncc(=O)[nH]3)C2)n1. The van der Waals surface area contributed by atoms with Gasteiger partial charge >= 0.3 is 0 Å². The molecule has 128 valence electrons. The first kappa shape index (κ1) is 16.4. The number of aromatic nitrogens is 4. The van der Waals surface area contributed by atoms with Crippen molar-refractivity contribution < 1.29 is 9.32 Å². The molecule has 1 amide bonds. The molecule has 1 N–H and O–H groups in total. The zero-order valence-corrected chi connectivity index (χ0v) is 13.9. The van der Waals surface area contributed by atoms with E-state index in [1.807, 2.05) is 0 Å². The molecule has 0 aromatic carbocycles. The summed E-state index contributed by atoms with van der Waals surface area (Å²) in [6, 6.07) is 0. The molecule has 1 fully saturated rings. The number of hydrogen-bond acceptors (Lipinski definition) is 6. The maximum Gasteiger partial charge on any atom is 0.272 e. The lowest BCUT2D eigenvalue weighted by Gasteiger charge is -2.30. The number of carbonyl (C=O) groups is 1. The number of rotatable bonds is 4. The van der Waals surface area contributed by atoms with E-state index >= 15 is 0 Å². The van der Waals surface area contributed by atoms with E-state index in [2.05, 4.69) is 34.0 Å². The third-order valence-corrected chi connectivity index (χ3v) is 4.02. The van der Waals surface area contributed by atoms with Crippen molar-refractivity contribution in [1.82, 2.24) is 25.0 Å². The molecule has 1 saturated heterocycles. The zero-order valence-electron chi connectivity index (χ0n) is 13.9. The number of piperidine rings is 1. The van der Waals surface area contributed by atoms with E-state index in [0.717, 1.165) is 25.5 Å². The molecule has 0 unspecified atom stereocenters. The Labute approximate surface area is 139 Å². The normalized spacial score (nSPS) is 18.1. The van der Waals surface area contributed by atoms with Gasteiger partial charge in [0, 0.05) is 19.5 Å². The highest BCUT2D eigenvalue weighted by molar-refractivity contribution is 5.92. The van der Waals surface area contributed by atoms with Crippen LogP contribution in [0.3, 0.4) is 0 Å². The number of likely N-dealkylation sites (tertiary alicyclic amines) is 1. The van der Waals surface area contributed by atoms with Crippen LogP contribution in [0, 0.1) is 5.92 Å². The van der Waals surface area contributed by atoms with Crippen molar-refractivity contribution in [3.8, 4) is 0 Å². The van der Waals surface area contributed by atoms with Gasteiger partial charge in [-0.3, -0.25) is 14.6 Å². The molecule has 1 aliphatic heterocycles. The first-order valence-corrected chi connectivity index (χ1v) is 8.19. The minimum atomic E-state index is -0.385. The topological polar surface area (TPSA) is 105 Å². The Morgan fingerprint density at radius 2 is 2.29 bits per heavy atom. The number of nitrogens with one attached hydrogen (secondary N) is 1. The molecular formula is C16H21N5O3. The van der Waals surface area contributed by atoms with Crippen LogP contribution in [-0.2, 0) is 6.42 Å². The number of aromatic amines is 1. The highest BCUT2D eigenvalue weighted by Gasteiger charge is 2.29. The fourth-order valence-electron chi connectivity index (χ4n) is 2.90. The third kappa shape index (κ3) is 3.69. The fraction of sp³-hybridized carbons (Fsp3) is 0.562. The van der Waals surface area contributed by atoms with Gasteiger partial charge in [0.1, 0.15) is 5.69 Å². The first-order chi connectivity index (χ1) is 11.5. The Kier molecular flexibility index (Phi) is 4.73. The summed E-state index contributed by atoms with van der Waals surface area (Å²) in [4.78, 5) is 36.3. The first-order valence-electron chi connectivity index (χ1n) is 8.19. The van der Waals surface area contributed by atoms with Gasteiger partial charge in [0.25, 0.3) is 11.5 Å². The third-order valence-electron chi connectivity index (χ3n) is 4.02. The standard InChI is InChI=1S/C16H21N5O3/c1-10(2)6-13-19-15(24-20-13)11-4-3-5-21(9-11)16(23)12-7-17-8-14(22)18-12/h7-8,10-11H,3-6,9H2,1-2H3,(H,18,22)/t11-/m1/s1. The Morgan fingerprint density at radius 1 is 1.46 bits per heavy atom. The van der Waals surface area contributed by atoms with E-state index < -0.39 is 0 Å². The van der Waals surface area contributed by atoms with Gasteiger partial charge in [-0.2, -0.15) is 4.98 Å². The van der Waals surface area contributed by atoms with Crippen LogP contribution < -0.4 is 5.56 Å². The molecule has 2 aromatic rings. The smallest absolute Gasteiger partial charge is 0.272 e. The summed E-state index contributed by atoms with van der Waals surface area (Å²) in [6.45, 7) is 5.34. The average molecular weight is 331 g/mol. The lowest BCUT2D eigenvalue weighted by Crippen LogP contribution is -2.40. The van der Waals surface area contributed by atoms with Crippen LogP contribution in [0.2, 0.25) is 0 Å². The van der Waals surface area contributed by atoms with Gasteiger partial charge in [-0.25, -0.2) is 0 Å². The van der Waals surface area contributed by atoms with E-state index in [0.29, 0.717) is 30.7 Å². The Morgan fingerprint density at radius 3 is 3.04 bits per heavy atom. The van der Waals surface area contributed by atoms with Crippen LogP contribution in [0.25, 0.3) is 0 Å². The summed E-state index contributed by atoms with van der Waals surface area (Å²) in [5, 5.41) is 4.02. The van der Waals surface area contributed by atoms with Crippen molar-refractivity contribution in [2.75, 3.05) is 13.1 Å². The van der Waals surface area contributed by atoms with Crippen molar-refractivity contribution in [1.29, 1.82) is 0 Å². The van der Waals surface area contributed by atoms with Gasteiger partial charge in [-0.15, -0.1) is 0 Å². The molecule has 1 aliphatic rings. The molecule has 0 saturated carbocycles. The van der Waals surface area contributed by atoms with Gasteiger partial charge in [0.15, 0.2) is 5.82 Å². The summed E-state index contributed by atoms with van der Waals surface area (Å²) in [5.74, 6) is 1.55. The zero-order chi connectivity index (χ0) is 17.1. The van der Waals surface area contributed by atoms with Gasteiger partial charge in [0.2, 0.25) is 5.89 Å².